The lowest BCUT2D eigenvalue weighted by Gasteiger charge is -2.29. The smallest absolute Gasteiger partial charge is 0.416 e. The first kappa shape index (κ1) is 29.4. The average Bonchev–Trinajstić information content (AvgIpc) is 2.89. The van der Waals surface area contributed by atoms with Gasteiger partial charge in [0.1, 0.15) is 0 Å². The van der Waals surface area contributed by atoms with Crippen molar-refractivity contribution in [1.82, 2.24) is 0 Å². The summed E-state index contributed by atoms with van der Waals surface area (Å²) in [5, 5.41) is 23.9. The van der Waals surface area contributed by atoms with Crippen LogP contribution in [0.25, 0.3) is 0 Å². The van der Waals surface area contributed by atoms with Crippen molar-refractivity contribution < 1.29 is 49.7 Å². The van der Waals surface area contributed by atoms with Gasteiger partial charge in [-0.2, -0.15) is 26.3 Å². The average molecular weight is 588 g/mol. The summed E-state index contributed by atoms with van der Waals surface area (Å²) in [6, 6.07) is 7.01. The van der Waals surface area contributed by atoms with Crippen LogP contribution in [0, 0.1) is 20.2 Å². The highest BCUT2D eigenvalue weighted by molar-refractivity contribution is 5.44. The van der Waals surface area contributed by atoms with Crippen molar-refractivity contribution in [3.8, 4) is 0 Å². The van der Waals surface area contributed by atoms with Crippen molar-refractivity contribution in [2.45, 2.75) is 36.3 Å². The lowest BCUT2D eigenvalue weighted by atomic mass is 9.80. The molecule has 0 radical (unpaired) electrons. The highest BCUT2D eigenvalue weighted by atomic mass is 19.4. The summed E-state index contributed by atoms with van der Waals surface area (Å²) in [4.78, 5) is 21.7. The number of hydrogen-bond acceptors (Lipinski definition) is 5. The third kappa shape index (κ3) is 5.18. The van der Waals surface area contributed by atoms with Gasteiger partial charge in [0.05, 0.1) is 24.0 Å². The highest BCUT2D eigenvalue weighted by Crippen LogP contribution is 2.47. The quantitative estimate of drug-likeness (QED) is 0.196. The van der Waals surface area contributed by atoms with Crippen LogP contribution in [-0.2, 0) is 28.2 Å². The van der Waals surface area contributed by atoms with Gasteiger partial charge in [-0.1, -0.05) is 36.4 Å². The van der Waals surface area contributed by atoms with E-state index in [-0.39, 0.29) is 0 Å². The normalized spacial score (nSPS) is 23.1. The van der Waals surface area contributed by atoms with Crippen molar-refractivity contribution in [2.24, 2.45) is 0 Å². The van der Waals surface area contributed by atoms with Gasteiger partial charge in [0.15, 0.2) is 23.2 Å². The predicted octanol–water partition coefficient (Wildman–Crippen LogP) is 7.67. The Morgan fingerprint density at radius 1 is 0.659 bits per heavy atom. The predicted molar refractivity (Wildman–Crippen MR) is 125 cm³/mol. The molecule has 41 heavy (non-hydrogen) atoms. The summed E-state index contributed by atoms with van der Waals surface area (Å²) in [6.07, 6.45) is -10.0. The molecule has 0 N–H and O–H groups in total. The zero-order valence-corrected chi connectivity index (χ0v) is 20.3. The third-order valence-electron chi connectivity index (χ3n) is 6.67. The molecule has 0 aliphatic heterocycles. The molecule has 0 fully saturated rings. The molecule has 0 saturated heterocycles. The van der Waals surface area contributed by atoms with Gasteiger partial charge in [0.2, 0.25) is 0 Å². The number of nitrogens with zero attached hydrogens (tertiary/aromatic N) is 2. The Hall–Kier alpha value is -4.56. The minimum absolute atomic E-state index is 0.591. The number of halogens is 8. The molecule has 0 aromatic heterocycles. The molecule has 0 saturated carbocycles. The number of benzene rings is 2. The molecule has 0 spiro atoms. The highest BCUT2D eigenvalue weighted by Gasteiger charge is 2.53. The first-order valence-electron chi connectivity index (χ1n) is 11.5. The first-order chi connectivity index (χ1) is 19.0. The standard InChI is InChI=1S/C26H16F8N2O5/c27-19-13-23(35(37)38,15-5-1-3-7-17(15)25(29,30)31)11-9-21(19)41-22-10-12-24(36(39)40,14-20(22)28)16-6-2-4-8-18(16)26(32,33)34/h1-12H,13-14H2. The molecular formula is C26H16F8N2O5. The SMILES string of the molecule is O=[N+]([O-])C1(c2ccccc2C(F)(F)F)C=CC(OC2=C(F)CC(c3ccccc3C(F)(F)F)([N+](=O)[O-])C=C2)=C(F)C1. The number of hydrogen-bond donors (Lipinski definition) is 0. The zero-order chi connectivity index (χ0) is 30.4. The molecule has 2 aromatic carbocycles. The van der Waals surface area contributed by atoms with Gasteiger partial charge >= 0.3 is 12.4 Å². The van der Waals surface area contributed by atoms with Gasteiger partial charge in [-0.25, -0.2) is 8.78 Å². The van der Waals surface area contributed by atoms with E-state index in [4.69, 9.17) is 4.74 Å². The molecule has 2 aliphatic rings. The fourth-order valence-corrected chi connectivity index (χ4v) is 4.70. The summed E-state index contributed by atoms with van der Waals surface area (Å²) in [5.41, 5.74) is -9.88. The maximum atomic E-state index is 15.1. The van der Waals surface area contributed by atoms with Crippen molar-refractivity contribution in [3.05, 3.63) is 138 Å². The van der Waals surface area contributed by atoms with Crippen LogP contribution in [0.15, 0.2) is 96.0 Å². The lowest BCUT2D eigenvalue weighted by molar-refractivity contribution is -0.564. The van der Waals surface area contributed by atoms with E-state index in [0.29, 0.717) is 36.4 Å². The second kappa shape index (κ2) is 10.1. The molecule has 7 nitrogen and oxygen atoms in total. The Morgan fingerprint density at radius 3 is 1.29 bits per heavy atom. The number of alkyl halides is 6. The number of ether oxygens (including phenoxy) is 1. The minimum Gasteiger partial charge on any atom is -0.452 e. The van der Waals surface area contributed by atoms with Crippen LogP contribution >= 0.6 is 0 Å². The van der Waals surface area contributed by atoms with E-state index >= 15 is 8.78 Å². The van der Waals surface area contributed by atoms with E-state index < -0.39 is 91.5 Å². The summed E-state index contributed by atoms with van der Waals surface area (Å²) < 4.78 is 117. The Bertz CT molecular complexity index is 1430. The maximum absolute atomic E-state index is 15.1. The van der Waals surface area contributed by atoms with Crippen LogP contribution < -0.4 is 0 Å². The van der Waals surface area contributed by atoms with Crippen molar-refractivity contribution >= 4 is 0 Å². The van der Waals surface area contributed by atoms with Crippen LogP contribution in [-0.4, -0.2) is 9.85 Å². The van der Waals surface area contributed by atoms with Crippen LogP contribution in [0.3, 0.4) is 0 Å². The number of nitro groups is 2. The second-order valence-corrected chi connectivity index (χ2v) is 9.11. The van der Waals surface area contributed by atoms with E-state index in [0.717, 1.165) is 36.4 Å². The van der Waals surface area contributed by atoms with Crippen molar-refractivity contribution in [1.29, 1.82) is 0 Å². The summed E-state index contributed by atoms with van der Waals surface area (Å²) in [7, 11) is 0. The molecule has 2 aliphatic carbocycles. The van der Waals surface area contributed by atoms with E-state index in [9.17, 15) is 46.6 Å². The second-order valence-electron chi connectivity index (χ2n) is 9.11. The van der Waals surface area contributed by atoms with Crippen LogP contribution in [0.4, 0.5) is 35.1 Å². The summed E-state index contributed by atoms with van der Waals surface area (Å²) in [5.74, 6) is -4.57. The van der Waals surface area contributed by atoms with E-state index in [1.807, 2.05) is 0 Å². The molecule has 0 amide bonds. The van der Waals surface area contributed by atoms with Crippen molar-refractivity contribution in [2.75, 3.05) is 0 Å². The number of rotatable bonds is 6. The van der Waals surface area contributed by atoms with Gasteiger partial charge in [-0.15, -0.1) is 0 Å². The van der Waals surface area contributed by atoms with E-state index in [2.05, 4.69) is 0 Å². The fraction of sp³-hybridized carbons (Fsp3) is 0.231. The van der Waals surface area contributed by atoms with Gasteiger partial charge in [0, 0.05) is 33.1 Å². The first-order valence-corrected chi connectivity index (χ1v) is 11.5. The monoisotopic (exact) mass is 588 g/mol. The lowest BCUT2D eigenvalue weighted by Crippen LogP contribution is -2.38. The molecule has 2 atom stereocenters. The molecular weight excluding hydrogens is 572 g/mol. The zero-order valence-electron chi connectivity index (χ0n) is 20.3. The topological polar surface area (TPSA) is 95.5 Å². The molecule has 15 heteroatoms. The summed E-state index contributed by atoms with van der Waals surface area (Å²) in [6.45, 7) is 0. The minimum atomic E-state index is -5.01. The van der Waals surface area contributed by atoms with Crippen LogP contribution in [0.2, 0.25) is 0 Å². The van der Waals surface area contributed by atoms with Crippen LogP contribution in [0.5, 0.6) is 0 Å². The largest absolute Gasteiger partial charge is 0.452 e. The molecule has 2 unspecified atom stereocenters. The third-order valence-corrected chi connectivity index (χ3v) is 6.67. The Kier molecular flexibility index (Phi) is 7.26. The Morgan fingerprint density at radius 2 is 1.00 bits per heavy atom. The van der Waals surface area contributed by atoms with Gasteiger partial charge in [-0.05, 0) is 24.3 Å². The van der Waals surface area contributed by atoms with Crippen molar-refractivity contribution in [3.63, 3.8) is 0 Å². The van der Waals surface area contributed by atoms with Gasteiger partial charge in [0.25, 0.3) is 11.1 Å². The van der Waals surface area contributed by atoms with E-state index in [1.165, 1.54) is 0 Å². The molecule has 2 aromatic rings. The molecule has 0 bridgehead atoms. The molecule has 216 valence electrons. The maximum Gasteiger partial charge on any atom is 0.416 e. The molecule has 0 heterocycles. The van der Waals surface area contributed by atoms with Gasteiger partial charge < -0.3 is 4.74 Å². The van der Waals surface area contributed by atoms with E-state index in [1.54, 1.807) is 0 Å². The Balaban J connectivity index is 1.68. The fourth-order valence-electron chi connectivity index (χ4n) is 4.70. The van der Waals surface area contributed by atoms with Gasteiger partial charge in [-0.3, -0.25) is 20.2 Å². The Labute approximate surface area is 225 Å². The molecule has 4 rings (SSSR count). The summed E-state index contributed by atoms with van der Waals surface area (Å²) >= 11 is 0. The number of allylic oxidation sites excluding steroid dienone is 2. The van der Waals surface area contributed by atoms with Crippen LogP contribution in [0.1, 0.15) is 35.1 Å².